The molecular weight excluding hydrogens is 283 g/mol. The van der Waals surface area contributed by atoms with E-state index in [-0.39, 0.29) is 0 Å². The highest BCUT2D eigenvalue weighted by Gasteiger charge is 2.13. The SMILES string of the molecule is c1ccc(P(CNc2nccs2)c2ccccc2)cc1. The van der Waals surface area contributed by atoms with Gasteiger partial charge in [0.15, 0.2) is 5.13 Å². The van der Waals surface area contributed by atoms with Crippen molar-refractivity contribution in [3.05, 3.63) is 72.2 Å². The molecule has 4 heteroatoms. The van der Waals surface area contributed by atoms with Crippen molar-refractivity contribution >= 4 is 35.0 Å². The predicted molar refractivity (Wildman–Crippen MR) is 89.7 cm³/mol. The highest BCUT2D eigenvalue weighted by atomic mass is 32.1. The lowest BCUT2D eigenvalue weighted by atomic mass is 10.4. The Kier molecular flexibility index (Phi) is 4.42. The Balaban J connectivity index is 1.84. The summed E-state index contributed by atoms with van der Waals surface area (Å²) in [6.07, 6.45) is 2.75. The van der Waals surface area contributed by atoms with Crippen LogP contribution < -0.4 is 15.9 Å². The van der Waals surface area contributed by atoms with Crippen molar-refractivity contribution in [1.29, 1.82) is 0 Å². The summed E-state index contributed by atoms with van der Waals surface area (Å²) in [5, 5.41) is 9.22. The van der Waals surface area contributed by atoms with E-state index in [0.29, 0.717) is 0 Å². The summed E-state index contributed by atoms with van der Waals surface area (Å²) in [5.74, 6) is 0. The van der Waals surface area contributed by atoms with Gasteiger partial charge in [-0.1, -0.05) is 60.7 Å². The van der Waals surface area contributed by atoms with Gasteiger partial charge in [-0.3, -0.25) is 0 Å². The van der Waals surface area contributed by atoms with Crippen LogP contribution in [0.25, 0.3) is 0 Å². The van der Waals surface area contributed by atoms with E-state index in [0.717, 1.165) is 11.4 Å². The average Bonchev–Trinajstić information content (AvgIpc) is 3.03. The summed E-state index contributed by atoms with van der Waals surface area (Å²) >= 11 is 1.64. The fourth-order valence-corrected chi connectivity index (χ4v) is 4.67. The van der Waals surface area contributed by atoms with Gasteiger partial charge in [0.25, 0.3) is 0 Å². The van der Waals surface area contributed by atoms with Gasteiger partial charge in [-0.05, 0) is 18.5 Å². The first-order chi connectivity index (χ1) is 9.93. The molecule has 0 radical (unpaired) electrons. The number of benzene rings is 2. The van der Waals surface area contributed by atoms with E-state index >= 15 is 0 Å². The van der Waals surface area contributed by atoms with Crippen LogP contribution in [0.15, 0.2) is 72.2 Å². The van der Waals surface area contributed by atoms with Crippen LogP contribution in [-0.4, -0.2) is 11.3 Å². The smallest absolute Gasteiger partial charge is 0.182 e. The first-order valence-electron chi connectivity index (χ1n) is 6.44. The lowest BCUT2D eigenvalue weighted by Crippen LogP contribution is -2.17. The average molecular weight is 298 g/mol. The number of thiazole rings is 1. The van der Waals surface area contributed by atoms with Gasteiger partial charge in [0.05, 0.1) is 0 Å². The standard InChI is InChI=1S/C16H15N2PS/c1-3-7-14(8-4-1)19(15-9-5-2-6-10-15)13-18-16-17-11-12-20-16/h1-12H,13H2,(H,17,18). The van der Waals surface area contributed by atoms with Gasteiger partial charge >= 0.3 is 0 Å². The molecule has 2 nitrogen and oxygen atoms in total. The molecule has 0 amide bonds. The predicted octanol–water partition coefficient (Wildman–Crippen LogP) is 3.65. The van der Waals surface area contributed by atoms with Gasteiger partial charge in [-0.2, -0.15) is 0 Å². The minimum Gasteiger partial charge on any atom is -0.357 e. The lowest BCUT2D eigenvalue weighted by molar-refractivity contribution is 1.34. The van der Waals surface area contributed by atoms with Crippen LogP contribution in [0.4, 0.5) is 5.13 Å². The maximum absolute atomic E-state index is 4.29. The molecule has 1 N–H and O–H groups in total. The Morgan fingerprint density at radius 3 is 2.00 bits per heavy atom. The van der Waals surface area contributed by atoms with Gasteiger partial charge in [-0.25, -0.2) is 4.98 Å². The summed E-state index contributed by atoms with van der Waals surface area (Å²) in [4.78, 5) is 4.29. The third kappa shape index (κ3) is 3.24. The summed E-state index contributed by atoms with van der Waals surface area (Å²) in [5.41, 5.74) is 0. The third-order valence-electron chi connectivity index (χ3n) is 2.96. The Morgan fingerprint density at radius 2 is 1.50 bits per heavy atom. The lowest BCUT2D eigenvalue weighted by Gasteiger charge is -2.18. The summed E-state index contributed by atoms with van der Waals surface area (Å²) in [6.45, 7) is 0. The molecule has 0 spiro atoms. The van der Waals surface area contributed by atoms with E-state index in [1.54, 1.807) is 11.3 Å². The highest BCUT2D eigenvalue weighted by molar-refractivity contribution is 7.73. The normalized spacial score (nSPS) is 10.7. The minimum atomic E-state index is -0.400. The second kappa shape index (κ2) is 6.65. The zero-order valence-electron chi connectivity index (χ0n) is 10.9. The molecule has 0 unspecified atom stereocenters. The Hall–Kier alpha value is -1.70. The molecule has 3 aromatic rings. The molecule has 1 aromatic heterocycles. The van der Waals surface area contributed by atoms with Gasteiger partial charge in [0.2, 0.25) is 0 Å². The van der Waals surface area contributed by atoms with E-state index in [1.165, 1.54) is 10.6 Å². The summed E-state index contributed by atoms with van der Waals surface area (Å²) in [6, 6.07) is 21.4. The van der Waals surface area contributed by atoms with Gasteiger partial charge in [0.1, 0.15) is 0 Å². The van der Waals surface area contributed by atoms with E-state index < -0.39 is 7.92 Å². The molecule has 3 rings (SSSR count). The highest BCUT2D eigenvalue weighted by Crippen LogP contribution is 2.33. The largest absolute Gasteiger partial charge is 0.357 e. The number of anilines is 1. The third-order valence-corrected chi connectivity index (χ3v) is 6.00. The van der Waals surface area contributed by atoms with Crippen LogP contribution in [0.2, 0.25) is 0 Å². The van der Waals surface area contributed by atoms with Crippen molar-refractivity contribution in [1.82, 2.24) is 4.98 Å². The first-order valence-corrected chi connectivity index (χ1v) is 8.85. The van der Waals surface area contributed by atoms with E-state index in [2.05, 4.69) is 71.0 Å². The van der Waals surface area contributed by atoms with Crippen molar-refractivity contribution < 1.29 is 0 Å². The molecule has 0 aliphatic carbocycles. The van der Waals surface area contributed by atoms with Crippen molar-refractivity contribution in [2.75, 3.05) is 11.6 Å². The quantitative estimate of drug-likeness (QED) is 0.727. The Bertz CT molecular complexity index is 587. The molecule has 20 heavy (non-hydrogen) atoms. The van der Waals surface area contributed by atoms with Crippen LogP contribution in [0.3, 0.4) is 0 Å². The molecule has 1 heterocycles. The molecular formula is C16H15N2PS. The number of rotatable bonds is 5. The molecule has 0 fully saturated rings. The zero-order chi connectivity index (χ0) is 13.6. The molecule has 0 atom stereocenters. The number of nitrogens with zero attached hydrogens (tertiary/aromatic N) is 1. The second-order valence-electron chi connectivity index (χ2n) is 4.27. The topological polar surface area (TPSA) is 24.9 Å². The van der Waals surface area contributed by atoms with Crippen molar-refractivity contribution in [3.63, 3.8) is 0 Å². The van der Waals surface area contributed by atoms with E-state index in [4.69, 9.17) is 0 Å². The molecule has 100 valence electrons. The number of hydrogen-bond acceptors (Lipinski definition) is 3. The van der Waals surface area contributed by atoms with E-state index in [1.807, 2.05) is 11.6 Å². The fourth-order valence-electron chi connectivity index (χ4n) is 2.00. The molecule has 0 saturated heterocycles. The summed E-state index contributed by atoms with van der Waals surface area (Å²) in [7, 11) is -0.400. The zero-order valence-corrected chi connectivity index (χ0v) is 12.6. The molecule has 0 saturated carbocycles. The molecule has 2 aromatic carbocycles. The van der Waals surface area contributed by atoms with Crippen LogP contribution in [0, 0.1) is 0 Å². The van der Waals surface area contributed by atoms with Crippen LogP contribution >= 0.6 is 19.3 Å². The second-order valence-corrected chi connectivity index (χ2v) is 7.37. The van der Waals surface area contributed by atoms with Crippen LogP contribution in [-0.2, 0) is 0 Å². The van der Waals surface area contributed by atoms with Gasteiger partial charge in [-0.15, -0.1) is 11.3 Å². The fraction of sp³-hybridized carbons (Fsp3) is 0.0625. The maximum atomic E-state index is 4.29. The number of hydrogen-bond donors (Lipinski definition) is 1. The Morgan fingerprint density at radius 1 is 0.900 bits per heavy atom. The van der Waals surface area contributed by atoms with Crippen LogP contribution in [0.5, 0.6) is 0 Å². The van der Waals surface area contributed by atoms with E-state index in [9.17, 15) is 0 Å². The first kappa shape index (κ1) is 13.3. The molecule has 0 bridgehead atoms. The van der Waals surface area contributed by atoms with Crippen LogP contribution in [0.1, 0.15) is 0 Å². The van der Waals surface area contributed by atoms with Crippen molar-refractivity contribution in [2.45, 2.75) is 0 Å². The minimum absolute atomic E-state index is 0.400. The Labute approximate surface area is 124 Å². The van der Waals surface area contributed by atoms with Crippen molar-refractivity contribution in [3.8, 4) is 0 Å². The number of nitrogens with one attached hydrogen (secondary N) is 1. The van der Waals surface area contributed by atoms with Crippen molar-refractivity contribution in [2.24, 2.45) is 0 Å². The maximum Gasteiger partial charge on any atom is 0.182 e. The summed E-state index contributed by atoms with van der Waals surface area (Å²) < 4.78 is 0. The van der Waals surface area contributed by atoms with Gasteiger partial charge < -0.3 is 5.32 Å². The monoisotopic (exact) mass is 298 g/mol. The molecule has 0 aliphatic heterocycles. The molecule has 0 aliphatic rings. The van der Waals surface area contributed by atoms with Gasteiger partial charge in [0, 0.05) is 17.9 Å². The number of aromatic nitrogens is 1.